The zero-order valence-corrected chi connectivity index (χ0v) is 13.4. The Balaban J connectivity index is 1.68. The first-order valence-electron chi connectivity index (χ1n) is 7.56. The van der Waals surface area contributed by atoms with Crippen LogP contribution in [0.15, 0.2) is 11.4 Å². The van der Waals surface area contributed by atoms with Crippen LogP contribution in [0.4, 0.5) is 11.8 Å². The van der Waals surface area contributed by atoms with E-state index < -0.39 is 0 Å². The minimum atomic E-state index is 0.702. The van der Waals surface area contributed by atoms with Crippen LogP contribution in [0.3, 0.4) is 0 Å². The third-order valence-corrected chi connectivity index (χ3v) is 4.43. The largest absolute Gasteiger partial charge is 0.379 e. The van der Waals surface area contributed by atoms with Gasteiger partial charge in [-0.1, -0.05) is 0 Å². The van der Waals surface area contributed by atoms with Crippen molar-refractivity contribution in [2.45, 2.75) is 19.8 Å². The van der Waals surface area contributed by atoms with Gasteiger partial charge in [0.1, 0.15) is 10.6 Å². The Hall–Kier alpha value is -1.40. The quantitative estimate of drug-likeness (QED) is 0.760. The number of hydrogen-bond acceptors (Lipinski definition) is 6. The standard InChI is InChI=1S/C15H22N4OS/c1-3-16-15-17-13(12-6-9-21-14(12)18-15)19(2)7-8-20-10-11-4-5-11/h6,9,11H,3-5,7-8,10H2,1-2H3,(H,16,17,18). The lowest BCUT2D eigenvalue weighted by molar-refractivity contribution is 0.131. The normalized spacial score (nSPS) is 14.6. The number of nitrogens with zero attached hydrogens (tertiary/aromatic N) is 3. The molecule has 2 aromatic heterocycles. The number of ether oxygens (including phenoxy) is 1. The molecule has 0 bridgehead atoms. The molecule has 114 valence electrons. The van der Waals surface area contributed by atoms with Crippen molar-refractivity contribution >= 4 is 33.3 Å². The summed E-state index contributed by atoms with van der Waals surface area (Å²) in [4.78, 5) is 12.4. The molecule has 0 saturated heterocycles. The molecule has 0 atom stereocenters. The number of rotatable bonds is 8. The molecule has 1 N–H and O–H groups in total. The highest BCUT2D eigenvalue weighted by Gasteiger charge is 2.21. The topological polar surface area (TPSA) is 50.3 Å². The Kier molecular flexibility index (Phi) is 4.55. The molecule has 6 heteroatoms. The summed E-state index contributed by atoms with van der Waals surface area (Å²) in [6.07, 6.45) is 2.67. The van der Waals surface area contributed by atoms with Crippen molar-refractivity contribution in [3.63, 3.8) is 0 Å². The number of hydrogen-bond donors (Lipinski definition) is 1. The zero-order valence-electron chi connectivity index (χ0n) is 12.6. The van der Waals surface area contributed by atoms with Crippen LogP contribution >= 0.6 is 11.3 Å². The van der Waals surface area contributed by atoms with Crippen LogP contribution in [-0.4, -0.2) is 43.3 Å². The van der Waals surface area contributed by atoms with Gasteiger partial charge in [-0.15, -0.1) is 11.3 Å². The molecule has 1 saturated carbocycles. The van der Waals surface area contributed by atoms with Crippen molar-refractivity contribution in [3.05, 3.63) is 11.4 Å². The lowest BCUT2D eigenvalue weighted by Crippen LogP contribution is -2.24. The van der Waals surface area contributed by atoms with Crippen molar-refractivity contribution in [2.75, 3.05) is 43.6 Å². The van der Waals surface area contributed by atoms with E-state index in [9.17, 15) is 0 Å². The summed E-state index contributed by atoms with van der Waals surface area (Å²) in [6, 6.07) is 2.09. The number of aromatic nitrogens is 2. The molecule has 0 aromatic carbocycles. The van der Waals surface area contributed by atoms with E-state index in [1.807, 2.05) is 0 Å². The number of nitrogens with one attached hydrogen (secondary N) is 1. The van der Waals surface area contributed by atoms with E-state index in [1.54, 1.807) is 11.3 Å². The Morgan fingerprint density at radius 2 is 2.29 bits per heavy atom. The number of likely N-dealkylation sites (N-methyl/N-ethyl adjacent to an activating group) is 1. The molecule has 1 aliphatic rings. The monoisotopic (exact) mass is 306 g/mol. The van der Waals surface area contributed by atoms with Gasteiger partial charge in [-0.3, -0.25) is 0 Å². The van der Waals surface area contributed by atoms with Crippen LogP contribution in [0, 0.1) is 5.92 Å². The van der Waals surface area contributed by atoms with E-state index >= 15 is 0 Å². The molecule has 2 heterocycles. The summed E-state index contributed by atoms with van der Waals surface area (Å²) >= 11 is 1.65. The predicted octanol–water partition coefficient (Wildman–Crippen LogP) is 2.99. The lowest BCUT2D eigenvalue weighted by Gasteiger charge is -2.19. The van der Waals surface area contributed by atoms with Crippen molar-refractivity contribution < 1.29 is 4.74 Å². The Bertz CT molecular complexity index is 596. The van der Waals surface area contributed by atoms with Gasteiger partial charge >= 0.3 is 0 Å². The van der Waals surface area contributed by atoms with Gasteiger partial charge in [-0.05, 0) is 37.1 Å². The molecule has 1 aliphatic carbocycles. The third-order valence-electron chi connectivity index (χ3n) is 3.62. The van der Waals surface area contributed by atoms with Crippen molar-refractivity contribution in [1.29, 1.82) is 0 Å². The van der Waals surface area contributed by atoms with Gasteiger partial charge in [-0.25, -0.2) is 4.98 Å². The Labute approximate surface area is 129 Å². The fraction of sp³-hybridized carbons (Fsp3) is 0.600. The van der Waals surface area contributed by atoms with E-state index in [-0.39, 0.29) is 0 Å². The first-order chi connectivity index (χ1) is 10.3. The maximum absolute atomic E-state index is 5.72. The highest BCUT2D eigenvalue weighted by molar-refractivity contribution is 7.16. The summed E-state index contributed by atoms with van der Waals surface area (Å²) in [5.41, 5.74) is 0. The molecule has 0 radical (unpaired) electrons. The summed E-state index contributed by atoms with van der Waals surface area (Å²) < 4.78 is 5.72. The molecule has 1 fully saturated rings. The first-order valence-corrected chi connectivity index (χ1v) is 8.44. The van der Waals surface area contributed by atoms with E-state index in [0.717, 1.165) is 48.3 Å². The molecule has 21 heavy (non-hydrogen) atoms. The summed E-state index contributed by atoms with van der Waals surface area (Å²) in [5.74, 6) is 2.50. The second-order valence-electron chi connectivity index (χ2n) is 5.48. The SMILES string of the molecule is CCNc1nc(N(C)CCOCC2CC2)c2ccsc2n1. The average molecular weight is 306 g/mol. The number of anilines is 2. The molecule has 2 aromatic rings. The highest BCUT2D eigenvalue weighted by Crippen LogP contribution is 2.29. The van der Waals surface area contributed by atoms with E-state index in [0.29, 0.717) is 5.95 Å². The highest BCUT2D eigenvalue weighted by atomic mass is 32.1. The molecular formula is C15H22N4OS. The van der Waals surface area contributed by atoms with Crippen LogP contribution in [0.2, 0.25) is 0 Å². The molecule has 0 unspecified atom stereocenters. The zero-order chi connectivity index (χ0) is 14.7. The Morgan fingerprint density at radius 3 is 3.05 bits per heavy atom. The molecular weight excluding hydrogens is 284 g/mol. The minimum Gasteiger partial charge on any atom is -0.379 e. The van der Waals surface area contributed by atoms with Crippen LogP contribution in [0.1, 0.15) is 19.8 Å². The van der Waals surface area contributed by atoms with Crippen molar-refractivity contribution in [2.24, 2.45) is 5.92 Å². The van der Waals surface area contributed by atoms with Gasteiger partial charge in [0.15, 0.2) is 0 Å². The number of thiophene rings is 1. The maximum atomic E-state index is 5.72. The summed E-state index contributed by atoms with van der Waals surface area (Å²) in [6.45, 7) is 5.38. The van der Waals surface area contributed by atoms with E-state index in [4.69, 9.17) is 4.74 Å². The molecule has 5 nitrogen and oxygen atoms in total. The second kappa shape index (κ2) is 6.58. The van der Waals surface area contributed by atoms with Gasteiger partial charge in [0.2, 0.25) is 5.95 Å². The predicted molar refractivity (Wildman–Crippen MR) is 88.4 cm³/mol. The summed E-state index contributed by atoms with van der Waals surface area (Å²) in [7, 11) is 2.07. The van der Waals surface area contributed by atoms with Crippen molar-refractivity contribution in [1.82, 2.24) is 9.97 Å². The number of fused-ring (bicyclic) bond motifs is 1. The minimum absolute atomic E-state index is 0.702. The fourth-order valence-electron chi connectivity index (χ4n) is 2.21. The van der Waals surface area contributed by atoms with Gasteiger partial charge in [0.25, 0.3) is 0 Å². The van der Waals surface area contributed by atoms with Crippen LogP contribution in [-0.2, 0) is 4.74 Å². The second-order valence-corrected chi connectivity index (χ2v) is 6.37. The van der Waals surface area contributed by atoms with Crippen LogP contribution in [0.25, 0.3) is 10.2 Å². The van der Waals surface area contributed by atoms with Gasteiger partial charge in [0.05, 0.1) is 12.0 Å². The smallest absolute Gasteiger partial charge is 0.226 e. The average Bonchev–Trinajstić information content (AvgIpc) is 3.18. The van der Waals surface area contributed by atoms with Crippen LogP contribution < -0.4 is 10.2 Å². The van der Waals surface area contributed by atoms with Crippen molar-refractivity contribution in [3.8, 4) is 0 Å². The molecule has 0 amide bonds. The van der Waals surface area contributed by atoms with Gasteiger partial charge in [0, 0.05) is 26.7 Å². The van der Waals surface area contributed by atoms with E-state index in [2.05, 4.69) is 45.6 Å². The van der Waals surface area contributed by atoms with Gasteiger partial charge < -0.3 is 15.0 Å². The first kappa shape index (κ1) is 14.5. The molecule has 0 spiro atoms. The third kappa shape index (κ3) is 3.63. The van der Waals surface area contributed by atoms with E-state index in [1.165, 1.54) is 12.8 Å². The van der Waals surface area contributed by atoms with Crippen LogP contribution in [0.5, 0.6) is 0 Å². The fourth-order valence-corrected chi connectivity index (χ4v) is 2.97. The maximum Gasteiger partial charge on any atom is 0.226 e. The van der Waals surface area contributed by atoms with Gasteiger partial charge in [-0.2, -0.15) is 4.98 Å². The Morgan fingerprint density at radius 1 is 1.43 bits per heavy atom. The summed E-state index contributed by atoms with van der Waals surface area (Å²) in [5, 5.41) is 6.38. The lowest BCUT2D eigenvalue weighted by atomic mass is 10.3. The molecule has 0 aliphatic heterocycles. The molecule has 3 rings (SSSR count).